The zero-order valence-corrected chi connectivity index (χ0v) is 16.0. The molecule has 0 radical (unpaired) electrons. The van der Waals surface area contributed by atoms with Crippen molar-refractivity contribution >= 4 is 16.6 Å². The van der Waals surface area contributed by atoms with Gasteiger partial charge in [-0.05, 0) is 23.3 Å². The van der Waals surface area contributed by atoms with E-state index in [1.54, 1.807) is 7.05 Å². The zero-order valence-electron chi connectivity index (χ0n) is 16.0. The minimum Gasteiger partial charge on any atom is -0.399 e. The molecule has 0 saturated carbocycles. The Kier molecular flexibility index (Phi) is 3.92. The highest BCUT2D eigenvalue weighted by molar-refractivity contribution is 5.96. The van der Waals surface area contributed by atoms with Crippen LogP contribution in [0.15, 0.2) is 64.2 Å². The van der Waals surface area contributed by atoms with Crippen molar-refractivity contribution < 1.29 is 0 Å². The number of nitrogens with one attached hydrogen (secondary N) is 2. The summed E-state index contributed by atoms with van der Waals surface area (Å²) in [5.74, 6) is 0. The Hall–Kier alpha value is -3.58. The fourth-order valence-corrected chi connectivity index (χ4v) is 4.38. The number of fused-ring (bicyclic) bond motifs is 3. The number of H-pyrrole nitrogens is 1. The summed E-state index contributed by atoms with van der Waals surface area (Å²) in [6.07, 6.45) is 0. The number of aryl methyl sites for hydroxylation is 1. The van der Waals surface area contributed by atoms with Crippen LogP contribution in [0.4, 0.5) is 5.69 Å². The van der Waals surface area contributed by atoms with Crippen molar-refractivity contribution in [3.8, 4) is 11.3 Å². The summed E-state index contributed by atoms with van der Waals surface area (Å²) in [6.45, 7) is 1.43. The molecule has 2 aromatic heterocycles. The van der Waals surface area contributed by atoms with E-state index in [-0.39, 0.29) is 11.6 Å². The first-order chi connectivity index (χ1) is 14.1. The summed E-state index contributed by atoms with van der Waals surface area (Å²) < 4.78 is 3.69. The predicted octanol–water partition coefficient (Wildman–Crippen LogP) is 1.97. The van der Waals surface area contributed by atoms with E-state index >= 15 is 0 Å². The van der Waals surface area contributed by atoms with Crippen molar-refractivity contribution in [2.75, 3.05) is 12.3 Å². The normalized spacial score (nSPS) is 16.1. The number of hydrogen-bond acceptors (Lipinski definition) is 4. The van der Waals surface area contributed by atoms with Gasteiger partial charge in [-0.3, -0.25) is 14.3 Å². The Balaban J connectivity index is 1.93. The standard InChI is InChI=1S/C22H21N5O2/c1-26-19-16(21(28)25-22(26)29)18(13-6-3-2-4-7-13)27-11-10-24-17(20(19)27)14-8-5-9-15(23)12-14/h2-9,12,17,24H,10-11,23H2,1H3,(H,25,28,29). The van der Waals surface area contributed by atoms with Crippen LogP contribution in [-0.2, 0) is 13.6 Å². The van der Waals surface area contributed by atoms with Gasteiger partial charge in [-0.1, -0.05) is 42.5 Å². The minimum atomic E-state index is -0.424. The van der Waals surface area contributed by atoms with Crippen molar-refractivity contribution in [2.24, 2.45) is 7.05 Å². The molecule has 4 N–H and O–H groups in total. The SMILES string of the molecule is Cn1c(=O)[nH]c(=O)c2c(-c3ccccc3)n3c(c21)C(c1cccc(N)c1)NCC3. The number of benzene rings is 2. The molecule has 1 atom stereocenters. The molecule has 7 heteroatoms. The van der Waals surface area contributed by atoms with Gasteiger partial charge in [0, 0.05) is 25.8 Å². The maximum Gasteiger partial charge on any atom is 0.328 e. The van der Waals surface area contributed by atoms with Crippen molar-refractivity contribution in [3.05, 3.63) is 86.7 Å². The molecule has 1 unspecified atom stereocenters. The number of hydrogen-bond donors (Lipinski definition) is 3. The highest BCUT2D eigenvalue weighted by Gasteiger charge is 2.31. The number of nitrogen functional groups attached to an aromatic ring is 1. The molecule has 2 aromatic carbocycles. The molecule has 1 aliphatic heterocycles. The predicted molar refractivity (Wildman–Crippen MR) is 114 cm³/mol. The maximum absolute atomic E-state index is 12.9. The number of nitrogens with zero attached hydrogens (tertiary/aromatic N) is 2. The van der Waals surface area contributed by atoms with E-state index in [0.717, 1.165) is 29.1 Å². The summed E-state index contributed by atoms with van der Waals surface area (Å²) in [6, 6.07) is 17.4. The van der Waals surface area contributed by atoms with Crippen molar-refractivity contribution in [1.82, 2.24) is 19.4 Å². The Bertz CT molecular complexity index is 1350. The Morgan fingerprint density at radius 3 is 2.62 bits per heavy atom. The minimum absolute atomic E-state index is 0.181. The van der Waals surface area contributed by atoms with Gasteiger partial charge in [0.05, 0.1) is 28.3 Å². The number of nitrogens with two attached hydrogens (primary N) is 1. The van der Waals surface area contributed by atoms with Crippen LogP contribution in [-0.4, -0.2) is 20.7 Å². The van der Waals surface area contributed by atoms with E-state index in [1.165, 1.54) is 4.57 Å². The monoisotopic (exact) mass is 387 g/mol. The van der Waals surface area contributed by atoms with Crippen LogP contribution in [0, 0.1) is 0 Å². The van der Waals surface area contributed by atoms with E-state index in [0.29, 0.717) is 23.1 Å². The second kappa shape index (κ2) is 6.49. The Morgan fingerprint density at radius 2 is 1.86 bits per heavy atom. The molecule has 3 heterocycles. The average molecular weight is 387 g/mol. The van der Waals surface area contributed by atoms with Gasteiger partial charge in [0.1, 0.15) is 0 Å². The van der Waals surface area contributed by atoms with E-state index in [1.807, 2.05) is 54.6 Å². The molecule has 0 aliphatic carbocycles. The summed E-state index contributed by atoms with van der Waals surface area (Å²) in [5.41, 5.74) is 10.2. The van der Waals surface area contributed by atoms with Gasteiger partial charge in [-0.25, -0.2) is 4.79 Å². The smallest absolute Gasteiger partial charge is 0.328 e. The third-order valence-corrected chi connectivity index (χ3v) is 5.61. The highest BCUT2D eigenvalue weighted by Crippen LogP contribution is 2.38. The molecule has 0 amide bonds. The van der Waals surface area contributed by atoms with Gasteiger partial charge in [0.15, 0.2) is 0 Å². The van der Waals surface area contributed by atoms with Crippen LogP contribution in [0.5, 0.6) is 0 Å². The second-order valence-electron chi connectivity index (χ2n) is 7.35. The molecule has 5 rings (SSSR count). The summed E-state index contributed by atoms with van der Waals surface area (Å²) in [4.78, 5) is 27.8. The van der Waals surface area contributed by atoms with Crippen LogP contribution >= 0.6 is 0 Å². The van der Waals surface area contributed by atoms with E-state index in [9.17, 15) is 9.59 Å². The number of anilines is 1. The lowest BCUT2D eigenvalue weighted by atomic mass is 10.0. The largest absolute Gasteiger partial charge is 0.399 e. The summed E-state index contributed by atoms with van der Waals surface area (Å²) >= 11 is 0. The Morgan fingerprint density at radius 1 is 1.07 bits per heavy atom. The van der Waals surface area contributed by atoms with Crippen molar-refractivity contribution in [2.45, 2.75) is 12.6 Å². The van der Waals surface area contributed by atoms with Crippen LogP contribution in [0.3, 0.4) is 0 Å². The highest BCUT2D eigenvalue weighted by atomic mass is 16.2. The topological polar surface area (TPSA) is 97.8 Å². The lowest BCUT2D eigenvalue weighted by molar-refractivity contribution is 0.471. The molecular weight excluding hydrogens is 366 g/mol. The molecule has 1 aliphatic rings. The van der Waals surface area contributed by atoms with Crippen molar-refractivity contribution in [1.29, 1.82) is 0 Å². The molecule has 0 bridgehead atoms. The molecule has 0 saturated heterocycles. The van der Waals surface area contributed by atoms with Gasteiger partial charge < -0.3 is 15.6 Å². The van der Waals surface area contributed by atoms with Crippen molar-refractivity contribution in [3.63, 3.8) is 0 Å². The molecule has 4 aromatic rings. The van der Waals surface area contributed by atoms with E-state index < -0.39 is 5.69 Å². The third kappa shape index (κ3) is 2.62. The lowest BCUT2D eigenvalue weighted by Crippen LogP contribution is -2.35. The quantitative estimate of drug-likeness (QED) is 0.458. The molecular formula is C22H21N5O2. The van der Waals surface area contributed by atoms with Gasteiger partial charge in [0.25, 0.3) is 5.56 Å². The first-order valence-electron chi connectivity index (χ1n) is 9.56. The number of aromatic amines is 1. The van der Waals surface area contributed by atoms with Gasteiger partial charge in [-0.15, -0.1) is 0 Å². The fraction of sp³-hybridized carbons (Fsp3) is 0.182. The summed E-state index contributed by atoms with van der Waals surface area (Å²) in [5, 5.41) is 4.07. The zero-order chi connectivity index (χ0) is 20.1. The first kappa shape index (κ1) is 17.5. The lowest BCUT2D eigenvalue weighted by Gasteiger charge is -2.28. The molecule has 146 valence electrons. The maximum atomic E-state index is 12.9. The third-order valence-electron chi connectivity index (χ3n) is 5.61. The molecule has 0 fully saturated rings. The second-order valence-corrected chi connectivity index (χ2v) is 7.35. The van der Waals surface area contributed by atoms with E-state index in [2.05, 4.69) is 14.9 Å². The fourth-order valence-electron chi connectivity index (χ4n) is 4.38. The van der Waals surface area contributed by atoms with Gasteiger partial charge >= 0.3 is 5.69 Å². The molecule has 7 nitrogen and oxygen atoms in total. The number of rotatable bonds is 2. The van der Waals surface area contributed by atoms with Crippen LogP contribution < -0.4 is 22.3 Å². The van der Waals surface area contributed by atoms with E-state index in [4.69, 9.17) is 5.73 Å². The van der Waals surface area contributed by atoms with Crippen LogP contribution in [0.25, 0.3) is 22.2 Å². The Labute approximate surface area is 166 Å². The van der Waals surface area contributed by atoms with Crippen LogP contribution in [0.1, 0.15) is 17.3 Å². The summed E-state index contributed by atoms with van der Waals surface area (Å²) in [7, 11) is 1.70. The van der Waals surface area contributed by atoms with Crippen LogP contribution in [0.2, 0.25) is 0 Å². The molecule has 0 spiro atoms. The average Bonchev–Trinajstić information content (AvgIpc) is 3.09. The van der Waals surface area contributed by atoms with Gasteiger partial charge in [0.2, 0.25) is 0 Å². The van der Waals surface area contributed by atoms with Gasteiger partial charge in [-0.2, -0.15) is 0 Å². The number of aromatic nitrogens is 3. The molecule has 29 heavy (non-hydrogen) atoms. The first-order valence-corrected chi connectivity index (χ1v) is 9.56.